The Kier molecular flexibility index (Phi) is 3.28. The van der Waals surface area contributed by atoms with Gasteiger partial charge >= 0.3 is 0 Å². The molecule has 0 aliphatic heterocycles. The van der Waals surface area contributed by atoms with E-state index in [4.69, 9.17) is 16.3 Å². The highest BCUT2D eigenvalue weighted by molar-refractivity contribution is 6.34. The predicted octanol–water partition coefficient (Wildman–Crippen LogP) is 4.27. The van der Waals surface area contributed by atoms with E-state index in [2.05, 4.69) is 9.97 Å². The number of benzene rings is 2. The van der Waals surface area contributed by atoms with Gasteiger partial charge in [-0.2, -0.15) is 0 Å². The lowest BCUT2D eigenvalue weighted by atomic mass is 10.1. The molecule has 0 aliphatic rings. The summed E-state index contributed by atoms with van der Waals surface area (Å²) in [5.41, 5.74) is 2.71. The van der Waals surface area contributed by atoms with E-state index in [9.17, 15) is 0 Å². The number of aryl methyl sites for hydroxylation is 1. The summed E-state index contributed by atoms with van der Waals surface area (Å²) in [6.45, 7) is 1.99. The quantitative estimate of drug-likeness (QED) is 0.659. The average Bonchev–Trinajstić information content (AvgIpc) is 2.48. The van der Waals surface area contributed by atoms with Crippen LogP contribution in [-0.4, -0.2) is 17.1 Å². The minimum atomic E-state index is 0.449. The van der Waals surface area contributed by atoms with Gasteiger partial charge in [-0.1, -0.05) is 48.0 Å². The summed E-state index contributed by atoms with van der Waals surface area (Å²) in [6.07, 6.45) is 0. The van der Waals surface area contributed by atoms with Crippen molar-refractivity contribution in [3.05, 3.63) is 53.2 Å². The SMILES string of the molecule is COc1ccc(C)c2c(Cl)nc(-c3ccccc3)nc12. The van der Waals surface area contributed by atoms with E-state index in [0.29, 0.717) is 16.7 Å². The molecule has 3 rings (SSSR count). The highest BCUT2D eigenvalue weighted by Gasteiger charge is 2.13. The van der Waals surface area contributed by atoms with Crippen molar-refractivity contribution in [2.45, 2.75) is 6.92 Å². The van der Waals surface area contributed by atoms with Crippen molar-refractivity contribution >= 4 is 22.5 Å². The molecule has 1 heterocycles. The lowest BCUT2D eigenvalue weighted by Crippen LogP contribution is -1.96. The molecule has 0 saturated heterocycles. The first-order valence-electron chi connectivity index (χ1n) is 6.27. The third kappa shape index (κ3) is 2.10. The first-order chi connectivity index (χ1) is 9.70. The maximum Gasteiger partial charge on any atom is 0.161 e. The standard InChI is InChI=1S/C16H13ClN2O/c1-10-8-9-12(20-2)14-13(10)15(17)19-16(18-14)11-6-4-3-5-7-11/h3-9H,1-2H3. The molecule has 0 unspecified atom stereocenters. The molecule has 0 amide bonds. The number of ether oxygens (including phenoxy) is 1. The van der Waals surface area contributed by atoms with E-state index in [1.165, 1.54) is 0 Å². The van der Waals surface area contributed by atoms with Crippen LogP contribution in [0.1, 0.15) is 5.56 Å². The van der Waals surface area contributed by atoms with Gasteiger partial charge in [0.05, 0.1) is 7.11 Å². The Morgan fingerprint density at radius 1 is 1.00 bits per heavy atom. The Balaban J connectivity index is 2.33. The lowest BCUT2D eigenvalue weighted by Gasteiger charge is -2.10. The zero-order valence-corrected chi connectivity index (χ0v) is 12.0. The van der Waals surface area contributed by atoms with Gasteiger partial charge in [-0.25, -0.2) is 9.97 Å². The largest absolute Gasteiger partial charge is 0.494 e. The molecule has 0 N–H and O–H groups in total. The van der Waals surface area contributed by atoms with Crippen LogP contribution in [0.25, 0.3) is 22.3 Å². The molecule has 0 aliphatic carbocycles. The maximum absolute atomic E-state index is 6.34. The van der Waals surface area contributed by atoms with Gasteiger partial charge in [0, 0.05) is 10.9 Å². The van der Waals surface area contributed by atoms with Crippen LogP contribution < -0.4 is 4.74 Å². The van der Waals surface area contributed by atoms with Gasteiger partial charge < -0.3 is 4.74 Å². The zero-order valence-electron chi connectivity index (χ0n) is 11.2. The Bertz CT molecular complexity index is 772. The third-order valence-corrected chi connectivity index (χ3v) is 3.50. The fraction of sp³-hybridized carbons (Fsp3) is 0.125. The molecule has 100 valence electrons. The molecule has 0 spiro atoms. The molecule has 0 fully saturated rings. The minimum Gasteiger partial charge on any atom is -0.494 e. The van der Waals surface area contributed by atoms with Gasteiger partial charge in [-0.15, -0.1) is 0 Å². The maximum atomic E-state index is 6.34. The molecule has 0 bridgehead atoms. The van der Waals surface area contributed by atoms with Crippen molar-refractivity contribution in [2.24, 2.45) is 0 Å². The molecule has 1 aromatic heterocycles. The molecule has 2 aromatic carbocycles. The van der Waals surface area contributed by atoms with Crippen LogP contribution in [0, 0.1) is 6.92 Å². The van der Waals surface area contributed by atoms with Crippen molar-refractivity contribution in [1.82, 2.24) is 9.97 Å². The third-order valence-electron chi connectivity index (χ3n) is 3.23. The van der Waals surface area contributed by atoms with Gasteiger partial charge in [-0.05, 0) is 18.6 Å². The summed E-state index contributed by atoms with van der Waals surface area (Å²) >= 11 is 6.34. The Morgan fingerprint density at radius 2 is 1.75 bits per heavy atom. The van der Waals surface area contributed by atoms with Crippen LogP contribution in [0.5, 0.6) is 5.75 Å². The van der Waals surface area contributed by atoms with Gasteiger partial charge in [0.15, 0.2) is 5.82 Å². The Morgan fingerprint density at radius 3 is 2.45 bits per heavy atom. The normalized spacial score (nSPS) is 10.8. The molecule has 0 saturated carbocycles. The second-order valence-electron chi connectivity index (χ2n) is 4.51. The molecule has 0 radical (unpaired) electrons. The predicted molar refractivity (Wildman–Crippen MR) is 81.3 cm³/mol. The first-order valence-corrected chi connectivity index (χ1v) is 6.65. The van der Waals surface area contributed by atoms with Gasteiger partial charge in [0.1, 0.15) is 16.4 Å². The summed E-state index contributed by atoms with van der Waals surface area (Å²) in [5.74, 6) is 1.30. The molecule has 4 heteroatoms. The monoisotopic (exact) mass is 284 g/mol. The van der Waals surface area contributed by atoms with Crippen molar-refractivity contribution in [3.63, 3.8) is 0 Å². The van der Waals surface area contributed by atoms with Crippen molar-refractivity contribution in [3.8, 4) is 17.1 Å². The van der Waals surface area contributed by atoms with E-state index in [0.717, 1.165) is 22.0 Å². The molecule has 20 heavy (non-hydrogen) atoms. The fourth-order valence-corrected chi connectivity index (χ4v) is 2.52. The van der Waals surface area contributed by atoms with E-state index in [-0.39, 0.29) is 0 Å². The number of aromatic nitrogens is 2. The van der Waals surface area contributed by atoms with Crippen molar-refractivity contribution < 1.29 is 4.74 Å². The number of nitrogens with zero attached hydrogens (tertiary/aromatic N) is 2. The molecule has 3 aromatic rings. The first kappa shape index (κ1) is 12.9. The molecular weight excluding hydrogens is 272 g/mol. The number of methoxy groups -OCH3 is 1. The molecule has 0 atom stereocenters. The van der Waals surface area contributed by atoms with E-state index >= 15 is 0 Å². The second kappa shape index (κ2) is 5.10. The zero-order chi connectivity index (χ0) is 14.1. The van der Waals surface area contributed by atoms with Gasteiger partial charge in [-0.3, -0.25) is 0 Å². The van der Waals surface area contributed by atoms with Crippen molar-refractivity contribution in [2.75, 3.05) is 7.11 Å². The van der Waals surface area contributed by atoms with Crippen LogP contribution in [0.15, 0.2) is 42.5 Å². The average molecular weight is 285 g/mol. The van der Waals surface area contributed by atoms with E-state index in [1.807, 2.05) is 49.4 Å². The number of hydrogen-bond acceptors (Lipinski definition) is 3. The summed E-state index contributed by atoms with van der Waals surface area (Å²) < 4.78 is 5.38. The smallest absolute Gasteiger partial charge is 0.161 e. The number of halogens is 1. The minimum absolute atomic E-state index is 0.449. The summed E-state index contributed by atoms with van der Waals surface area (Å²) in [6, 6.07) is 13.6. The lowest BCUT2D eigenvalue weighted by molar-refractivity contribution is 0.419. The number of fused-ring (bicyclic) bond motifs is 1. The van der Waals surface area contributed by atoms with Crippen LogP contribution in [0.2, 0.25) is 5.15 Å². The van der Waals surface area contributed by atoms with Crippen molar-refractivity contribution in [1.29, 1.82) is 0 Å². The number of hydrogen-bond donors (Lipinski definition) is 0. The van der Waals surface area contributed by atoms with E-state index in [1.54, 1.807) is 7.11 Å². The fourth-order valence-electron chi connectivity index (χ4n) is 2.21. The van der Waals surface area contributed by atoms with E-state index < -0.39 is 0 Å². The van der Waals surface area contributed by atoms with Crippen LogP contribution in [0.3, 0.4) is 0 Å². The highest BCUT2D eigenvalue weighted by Crippen LogP contribution is 2.32. The Labute approximate surface area is 122 Å². The molecule has 3 nitrogen and oxygen atoms in total. The molecular formula is C16H13ClN2O. The summed E-state index contributed by atoms with van der Waals surface area (Å²) in [4.78, 5) is 9.02. The Hall–Kier alpha value is -2.13. The van der Waals surface area contributed by atoms with Crippen LogP contribution in [-0.2, 0) is 0 Å². The second-order valence-corrected chi connectivity index (χ2v) is 4.87. The number of rotatable bonds is 2. The summed E-state index contributed by atoms with van der Waals surface area (Å²) in [7, 11) is 1.63. The topological polar surface area (TPSA) is 35.0 Å². The van der Waals surface area contributed by atoms with Crippen LogP contribution >= 0.6 is 11.6 Å². The van der Waals surface area contributed by atoms with Gasteiger partial charge in [0.2, 0.25) is 0 Å². The summed E-state index contributed by atoms with van der Waals surface area (Å²) in [5, 5.41) is 1.29. The van der Waals surface area contributed by atoms with Gasteiger partial charge in [0.25, 0.3) is 0 Å². The highest BCUT2D eigenvalue weighted by atomic mass is 35.5. The van der Waals surface area contributed by atoms with Crippen LogP contribution in [0.4, 0.5) is 0 Å².